The lowest BCUT2D eigenvalue weighted by Gasteiger charge is -2.02. The van der Waals surface area contributed by atoms with E-state index < -0.39 is 0 Å². The van der Waals surface area contributed by atoms with Crippen LogP contribution in [0, 0.1) is 6.92 Å². The van der Waals surface area contributed by atoms with Gasteiger partial charge in [0.2, 0.25) is 0 Å². The highest BCUT2D eigenvalue weighted by Crippen LogP contribution is 2.20. The van der Waals surface area contributed by atoms with Crippen LogP contribution in [-0.2, 0) is 0 Å². The quantitative estimate of drug-likeness (QED) is 0.727. The smallest absolute Gasteiger partial charge is 0.151 e. The van der Waals surface area contributed by atoms with E-state index in [1.165, 1.54) is 0 Å². The Morgan fingerprint density at radius 3 is 2.17 bits per heavy atom. The fourth-order valence-electron chi connectivity index (χ4n) is 0.995. The maximum absolute atomic E-state index is 10.6. The van der Waals surface area contributed by atoms with E-state index in [9.17, 15) is 9.59 Å². The predicted octanol–water partition coefficient (Wildman–Crippen LogP) is 2.38. The third-order valence-corrected chi connectivity index (χ3v) is 2.38. The minimum Gasteiger partial charge on any atom is -0.298 e. The van der Waals surface area contributed by atoms with Gasteiger partial charge in [-0.2, -0.15) is 0 Å². The average Bonchev–Trinajstić information content (AvgIpc) is 2.08. The summed E-state index contributed by atoms with van der Waals surface area (Å²) in [6.45, 7) is 1.79. The summed E-state index contributed by atoms with van der Waals surface area (Å²) in [5.41, 5.74) is 1.69. The van der Waals surface area contributed by atoms with Crippen LogP contribution in [0.25, 0.3) is 0 Å². The number of aldehydes is 2. The van der Waals surface area contributed by atoms with Gasteiger partial charge in [-0.25, -0.2) is 0 Å². The average molecular weight is 227 g/mol. The summed E-state index contributed by atoms with van der Waals surface area (Å²) in [5, 5.41) is 0. The molecule has 1 rings (SSSR count). The van der Waals surface area contributed by atoms with Crippen LogP contribution < -0.4 is 0 Å². The third-order valence-electron chi connectivity index (χ3n) is 1.69. The van der Waals surface area contributed by atoms with Crippen LogP contribution in [0.3, 0.4) is 0 Å². The van der Waals surface area contributed by atoms with Crippen LogP contribution in [0.2, 0.25) is 0 Å². The Kier molecular flexibility index (Phi) is 2.76. The molecule has 62 valence electrons. The number of halogens is 1. The van der Waals surface area contributed by atoms with Crippen molar-refractivity contribution in [1.29, 1.82) is 0 Å². The molecule has 0 amide bonds. The first kappa shape index (κ1) is 9.13. The van der Waals surface area contributed by atoms with E-state index in [-0.39, 0.29) is 0 Å². The fourth-order valence-corrected chi connectivity index (χ4v) is 1.43. The summed E-state index contributed by atoms with van der Waals surface area (Å²) in [6.07, 6.45) is 1.38. The second-order valence-corrected chi connectivity index (χ2v) is 3.28. The van der Waals surface area contributed by atoms with Gasteiger partial charge in [0.15, 0.2) is 12.6 Å². The van der Waals surface area contributed by atoms with E-state index in [0.717, 1.165) is 5.56 Å². The van der Waals surface area contributed by atoms with Crippen LogP contribution in [0.1, 0.15) is 26.3 Å². The Labute approximate surface area is 78.7 Å². The highest BCUT2D eigenvalue weighted by molar-refractivity contribution is 9.10. The first-order valence-corrected chi connectivity index (χ1v) is 4.19. The van der Waals surface area contributed by atoms with E-state index >= 15 is 0 Å². The first-order chi connectivity index (χ1) is 5.70. The lowest BCUT2D eigenvalue weighted by atomic mass is 10.0. The van der Waals surface area contributed by atoms with Crippen molar-refractivity contribution in [1.82, 2.24) is 0 Å². The Bertz CT molecular complexity index is 299. The van der Waals surface area contributed by atoms with Crippen LogP contribution in [0.15, 0.2) is 16.6 Å². The van der Waals surface area contributed by atoms with E-state index in [1.807, 2.05) is 0 Å². The Morgan fingerprint density at radius 1 is 1.17 bits per heavy atom. The van der Waals surface area contributed by atoms with E-state index in [0.29, 0.717) is 28.2 Å². The highest BCUT2D eigenvalue weighted by Gasteiger charge is 2.07. The second-order valence-electron chi connectivity index (χ2n) is 2.43. The van der Waals surface area contributed by atoms with Gasteiger partial charge in [-0.05, 0) is 18.6 Å². The highest BCUT2D eigenvalue weighted by atomic mass is 79.9. The van der Waals surface area contributed by atoms with Crippen molar-refractivity contribution in [2.45, 2.75) is 6.92 Å². The van der Waals surface area contributed by atoms with Crippen molar-refractivity contribution < 1.29 is 9.59 Å². The number of carbonyl (C=O) groups is 2. The maximum atomic E-state index is 10.6. The summed E-state index contributed by atoms with van der Waals surface area (Å²) in [6, 6.07) is 3.55. The third kappa shape index (κ3) is 1.46. The van der Waals surface area contributed by atoms with Gasteiger partial charge in [-0.1, -0.05) is 22.0 Å². The zero-order valence-corrected chi connectivity index (χ0v) is 8.09. The molecule has 0 aromatic heterocycles. The number of benzene rings is 1. The van der Waals surface area contributed by atoms with E-state index in [4.69, 9.17) is 0 Å². The fraction of sp³-hybridized carbons (Fsp3) is 0.111. The molecule has 0 saturated carbocycles. The summed E-state index contributed by atoms with van der Waals surface area (Å²) in [7, 11) is 0. The van der Waals surface area contributed by atoms with Crippen molar-refractivity contribution in [2.24, 2.45) is 0 Å². The molecule has 1 aromatic rings. The SMILES string of the molecule is Cc1ccc(Br)c(C=O)c1C=O. The molecule has 0 N–H and O–H groups in total. The van der Waals surface area contributed by atoms with Crippen LogP contribution in [-0.4, -0.2) is 12.6 Å². The molecular weight excluding hydrogens is 220 g/mol. The van der Waals surface area contributed by atoms with Gasteiger partial charge in [-0.15, -0.1) is 0 Å². The molecule has 0 radical (unpaired) electrons. The number of carbonyl (C=O) groups excluding carboxylic acids is 2. The largest absolute Gasteiger partial charge is 0.298 e. The molecule has 2 nitrogen and oxygen atoms in total. The molecule has 0 saturated heterocycles. The lowest BCUT2D eigenvalue weighted by molar-refractivity contribution is 0.109. The zero-order valence-electron chi connectivity index (χ0n) is 6.50. The first-order valence-electron chi connectivity index (χ1n) is 3.40. The van der Waals surface area contributed by atoms with Crippen molar-refractivity contribution in [3.05, 3.63) is 33.3 Å². The minimum atomic E-state index is 0.421. The summed E-state index contributed by atoms with van der Waals surface area (Å²) in [4.78, 5) is 21.1. The normalized spacial score (nSPS) is 9.50. The number of rotatable bonds is 2. The van der Waals surface area contributed by atoms with Crippen molar-refractivity contribution in [2.75, 3.05) is 0 Å². The molecule has 0 spiro atoms. The predicted molar refractivity (Wildman–Crippen MR) is 49.7 cm³/mol. The summed E-state index contributed by atoms with van der Waals surface area (Å²) < 4.78 is 0.658. The molecule has 0 aliphatic carbocycles. The molecule has 1 aromatic carbocycles. The van der Waals surface area contributed by atoms with Crippen LogP contribution >= 0.6 is 15.9 Å². The van der Waals surface area contributed by atoms with Gasteiger partial charge in [-0.3, -0.25) is 9.59 Å². The molecule has 0 aliphatic heterocycles. The molecule has 0 aliphatic rings. The Morgan fingerprint density at radius 2 is 1.75 bits per heavy atom. The van der Waals surface area contributed by atoms with Gasteiger partial charge < -0.3 is 0 Å². The van der Waals surface area contributed by atoms with Gasteiger partial charge in [0.05, 0.1) is 0 Å². The molecule has 0 bridgehead atoms. The Hall–Kier alpha value is -0.960. The van der Waals surface area contributed by atoms with E-state index in [2.05, 4.69) is 15.9 Å². The minimum absolute atomic E-state index is 0.421. The van der Waals surface area contributed by atoms with Crippen molar-refractivity contribution in [3.63, 3.8) is 0 Å². The van der Waals surface area contributed by atoms with Crippen molar-refractivity contribution >= 4 is 28.5 Å². The van der Waals surface area contributed by atoms with Crippen LogP contribution in [0.4, 0.5) is 0 Å². The van der Waals surface area contributed by atoms with Gasteiger partial charge in [0, 0.05) is 15.6 Å². The Balaban J connectivity index is 3.48. The zero-order chi connectivity index (χ0) is 9.14. The van der Waals surface area contributed by atoms with Gasteiger partial charge in [0.25, 0.3) is 0 Å². The van der Waals surface area contributed by atoms with Gasteiger partial charge >= 0.3 is 0 Å². The molecule has 12 heavy (non-hydrogen) atoms. The molecular formula is C9H7BrO2. The molecule has 0 fully saturated rings. The summed E-state index contributed by atoms with van der Waals surface area (Å²) in [5.74, 6) is 0. The van der Waals surface area contributed by atoms with Crippen molar-refractivity contribution in [3.8, 4) is 0 Å². The van der Waals surface area contributed by atoms with Crippen LogP contribution in [0.5, 0.6) is 0 Å². The topological polar surface area (TPSA) is 34.1 Å². The number of hydrogen-bond donors (Lipinski definition) is 0. The molecule has 0 unspecified atom stereocenters. The number of aryl methyl sites for hydroxylation is 1. The molecule has 3 heteroatoms. The lowest BCUT2D eigenvalue weighted by Crippen LogP contribution is -1.95. The van der Waals surface area contributed by atoms with E-state index in [1.54, 1.807) is 19.1 Å². The second kappa shape index (κ2) is 3.63. The monoisotopic (exact) mass is 226 g/mol. The summed E-state index contributed by atoms with van der Waals surface area (Å²) >= 11 is 3.19. The maximum Gasteiger partial charge on any atom is 0.151 e. The van der Waals surface area contributed by atoms with Gasteiger partial charge in [0.1, 0.15) is 0 Å². The molecule has 0 heterocycles. The number of hydrogen-bond acceptors (Lipinski definition) is 2. The standard InChI is InChI=1S/C9H7BrO2/c1-6-2-3-9(10)8(5-12)7(6)4-11/h2-5H,1H3. The molecule has 0 atom stereocenters.